The molecule has 1 heterocycles. The molecule has 2 rings (SSSR count). The summed E-state index contributed by atoms with van der Waals surface area (Å²) in [6.45, 7) is 8.05. The minimum absolute atomic E-state index is 0.0133. The van der Waals surface area contributed by atoms with Gasteiger partial charge in [-0.1, -0.05) is 6.92 Å². The van der Waals surface area contributed by atoms with Crippen molar-refractivity contribution in [1.82, 2.24) is 4.90 Å². The van der Waals surface area contributed by atoms with Crippen molar-refractivity contribution in [2.75, 3.05) is 6.54 Å². The van der Waals surface area contributed by atoms with Crippen LogP contribution in [0.1, 0.15) is 47.0 Å². The standard InChI is InChI=1S/C14H23NO4/c1-9-5-14(6-9)7-10(11(16)17)15(8-14)12(18)19-13(2,3)4/h9-10H,5-8H2,1-4H3,(H,16,17)/t9?,10-,14?/m0/s1. The van der Waals surface area contributed by atoms with Gasteiger partial charge in [-0.3, -0.25) is 4.90 Å². The van der Waals surface area contributed by atoms with Gasteiger partial charge in [-0.05, 0) is 51.4 Å². The lowest BCUT2D eigenvalue weighted by Crippen LogP contribution is -2.44. The molecule has 1 aliphatic heterocycles. The summed E-state index contributed by atoms with van der Waals surface area (Å²) in [6, 6.07) is -0.734. The Labute approximate surface area is 113 Å². The van der Waals surface area contributed by atoms with Crippen LogP contribution in [0.3, 0.4) is 0 Å². The van der Waals surface area contributed by atoms with Gasteiger partial charge in [0.15, 0.2) is 0 Å². The van der Waals surface area contributed by atoms with E-state index in [0.29, 0.717) is 18.9 Å². The zero-order valence-corrected chi connectivity index (χ0v) is 12.1. The maximum Gasteiger partial charge on any atom is 0.411 e. The molecule has 1 atom stereocenters. The molecule has 0 aromatic rings. The number of likely N-dealkylation sites (tertiary alicyclic amines) is 1. The summed E-state index contributed by atoms with van der Waals surface area (Å²) in [4.78, 5) is 24.9. The fourth-order valence-electron chi connectivity index (χ4n) is 3.50. The number of carboxylic acid groups (broad SMARTS) is 1. The zero-order valence-electron chi connectivity index (χ0n) is 12.1. The van der Waals surface area contributed by atoms with Crippen LogP contribution < -0.4 is 0 Å². The molecule has 0 radical (unpaired) electrons. The number of nitrogens with zero attached hydrogens (tertiary/aromatic N) is 1. The third-order valence-electron chi connectivity index (χ3n) is 3.98. The summed E-state index contributed by atoms with van der Waals surface area (Å²) in [7, 11) is 0. The lowest BCUT2D eigenvalue weighted by molar-refractivity contribution is -0.142. The molecule has 108 valence electrons. The molecule has 2 aliphatic rings. The number of rotatable bonds is 1. The van der Waals surface area contributed by atoms with E-state index in [0.717, 1.165) is 12.8 Å². The molecule has 1 amide bonds. The number of carboxylic acids is 1. The molecule has 1 saturated carbocycles. The Morgan fingerprint density at radius 2 is 1.84 bits per heavy atom. The Bertz CT molecular complexity index is 393. The quantitative estimate of drug-likeness (QED) is 0.794. The van der Waals surface area contributed by atoms with Crippen molar-refractivity contribution in [3.63, 3.8) is 0 Å². The summed E-state index contributed by atoms with van der Waals surface area (Å²) >= 11 is 0. The van der Waals surface area contributed by atoms with E-state index in [1.807, 2.05) is 0 Å². The van der Waals surface area contributed by atoms with E-state index in [4.69, 9.17) is 4.74 Å². The van der Waals surface area contributed by atoms with E-state index in [1.165, 1.54) is 4.90 Å². The van der Waals surface area contributed by atoms with E-state index in [2.05, 4.69) is 6.92 Å². The molecule has 2 fully saturated rings. The van der Waals surface area contributed by atoms with E-state index in [9.17, 15) is 14.7 Å². The Balaban J connectivity index is 2.09. The minimum atomic E-state index is -0.928. The van der Waals surface area contributed by atoms with Gasteiger partial charge in [0.2, 0.25) is 0 Å². The van der Waals surface area contributed by atoms with Gasteiger partial charge in [-0.2, -0.15) is 0 Å². The number of hydrogen-bond donors (Lipinski definition) is 1. The van der Waals surface area contributed by atoms with Crippen LogP contribution in [-0.2, 0) is 9.53 Å². The van der Waals surface area contributed by atoms with Crippen LogP contribution in [0.4, 0.5) is 4.79 Å². The summed E-state index contributed by atoms with van der Waals surface area (Å²) in [5.74, 6) is -0.296. The molecular formula is C14H23NO4. The van der Waals surface area contributed by atoms with E-state index in [1.54, 1.807) is 20.8 Å². The summed E-state index contributed by atoms with van der Waals surface area (Å²) in [5.41, 5.74) is -0.581. The second-order valence-electron chi connectivity index (χ2n) is 7.18. The molecule has 0 unspecified atom stereocenters. The van der Waals surface area contributed by atoms with Gasteiger partial charge >= 0.3 is 12.1 Å². The molecule has 1 saturated heterocycles. The fourth-order valence-corrected chi connectivity index (χ4v) is 3.50. The van der Waals surface area contributed by atoms with Crippen molar-refractivity contribution in [3.8, 4) is 0 Å². The molecule has 0 bridgehead atoms. The van der Waals surface area contributed by atoms with Crippen molar-refractivity contribution in [3.05, 3.63) is 0 Å². The lowest BCUT2D eigenvalue weighted by Gasteiger charge is -2.43. The van der Waals surface area contributed by atoms with Gasteiger partial charge in [0, 0.05) is 6.54 Å². The number of carbonyl (C=O) groups excluding carboxylic acids is 1. The zero-order chi connectivity index (χ0) is 14.4. The minimum Gasteiger partial charge on any atom is -0.480 e. The van der Waals surface area contributed by atoms with Crippen LogP contribution >= 0.6 is 0 Å². The SMILES string of the molecule is CC1CC2(C1)C[C@@H](C(=O)O)N(C(=O)OC(C)(C)C)C2. The molecule has 1 spiro atoms. The van der Waals surface area contributed by atoms with Crippen LogP contribution in [0.2, 0.25) is 0 Å². The first kappa shape index (κ1) is 14.2. The molecule has 0 aromatic carbocycles. The van der Waals surface area contributed by atoms with E-state index >= 15 is 0 Å². The summed E-state index contributed by atoms with van der Waals surface area (Å²) < 4.78 is 5.31. The van der Waals surface area contributed by atoms with Crippen LogP contribution in [0.15, 0.2) is 0 Å². The Morgan fingerprint density at radius 3 is 2.26 bits per heavy atom. The summed E-state index contributed by atoms with van der Waals surface area (Å²) in [5, 5.41) is 9.30. The highest BCUT2D eigenvalue weighted by Gasteiger charge is 2.54. The first-order valence-electron chi connectivity index (χ1n) is 6.84. The molecular weight excluding hydrogens is 246 g/mol. The van der Waals surface area contributed by atoms with Crippen LogP contribution in [0, 0.1) is 11.3 Å². The van der Waals surface area contributed by atoms with Gasteiger partial charge < -0.3 is 9.84 Å². The second-order valence-corrected chi connectivity index (χ2v) is 7.18. The number of carbonyl (C=O) groups is 2. The molecule has 0 aromatic heterocycles. The van der Waals surface area contributed by atoms with Gasteiger partial charge in [0.1, 0.15) is 11.6 Å². The average molecular weight is 269 g/mol. The Morgan fingerprint density at radius 1 is 1.26 bits per heavy atom. The Kier molecular flexibility index (Phi) is 3.27. The first-order valence-corrected chi connectivity index (χ1v) is 6.84. The predicted octanol–water partition coefficient (Wildman–Crippen LogP) is 2.50. The topological polar surface area (TPSA) is 66.8 Å². The number of ether oxygens (including phenoxy) is 1. The van der Waals surface area contributed by atoms with Crippen LogP contribution in [0.5, 0.6) is 0 Å². The van der Waals surface area contributed by atoms with E-state index in [-0.39, 0.29) is 5.41 Å². The smallest absolute Gasteiger partial charge is 0.411 e. The van der Waals surface area contributed by atoms with E-state index < -0.39 is 23.7 Å². The molecule has 5 heteroatoms. The van der Waals surface area contributed by atoms with Gasteiger partial charge in [-0.15, -0.1) is 0 Å². The Hall–Kier alpha value is -1.26. The van der Waals surface area contributed by atoms with Crippen molar-refractivity contribution in [2.45, 2.75) is 58.6 Å². The van der Waals surface area contributed by atoms with Gasteiger partial charge in [0.25, 0.3) is 0 Å². The van der Waals surface area contributed by atoms with Crippen molar-refractivity contribution >= 4 is 12.1 Å². The molecule has 5 nitrogen and oxygen atoms in total. The third-order valence-corrected chi connectivity index (χ3v) is 3.98. The van der Waals surface area contributed by atoms with Gasteiger partial charge in [-0.25, -0.2) is 9.59 Å². The van der Waals surface area contributed by atoms with Crippen molar-refractivity contribution < 1.29 is 19.4 Å². The third kappa shape index (κ3) is 2.85. The normalized spacial score (nSPS) is 34.2. The van der Waals surface area contributed by atoms with Crippen LogP contribution in [0.25, 0.3) is 0 Å². The number of aliphatic carboxylic acids is 1. The number of hydrogen-bond acceptors (Lipinski definition) is 3. The monoisotopic (exact) mass is 269 g/mol. The first-order chi connectivity index (χ1) is 8.62. The highest BCUT2D eigenvalue weighted by atomic mass is 16.6. The highest BCUT2D eigenvalue weighted by molar-refractivity contribution is 5.81. The molecule has 19 heavy (non-hydrogen) atoms. The average Bonchev–Trinajstić information content (AvgIpc) is 2.55. The van der Waals surface area contributed by atoms with Crippen molar-refractivity contribution in [2.24, 2.45) is 11.3 Å². The van der Waals surface area contributed by atoms with Gasteiger partial charge in [0.05, 0.1) is 0 Å². The maximum atomic E-state index is 12.1. The number of amides is 1. The largest absolute Gasteiger partial charge is 0.480 e. The lowest BCUT2D eigenvalue weighted by atomic mass is 9.62. The van der Waals surface area contributed by atoms with Crippen LogP contribution in [-0.4, -0.2) is 40.3 Å². The molecule has 1 N–H and O–H groups in total. The highest BCUT2D eigenvalue weighted by Crippen LogP contribution is 2.53. The second kappa shape index (κ2) is 4.39. The van der Waals surface area contributed by atoms with Crippen molar-refractivity contribution in [1.29, 1.82) is 0 Å². The fraction of sp³-hybridized carbons (Fsp3) is 0.857. The summed E-state index contributed by atoms with van der Waals surface area (Å²) in [6.07, 6.45) is 2.08. The molecule has 1 aliphatic carbocycles. The predicted molar refractivity (Wildman–Crippen MR) is 69.8 cm³/mol. The maximum absolute atomic E-state index is 12.1.